The van der Waals surface area contributed by atoms with Gasteiger partial charge in [-0.25, -0.2) is 4.98 Å². The van der Waals surface area contributed by atoms with Crippen LogP contribution in [0.2, 0.25) is 0 Å². The van der Waals surface area contributed by atoms with Gasteiger partial charge in [-0.1, -0.05) is 18.2 Å². The molecule has 150 valence electrons. The fourth-order valence-corrected chi connectivity index (χ4v) is 3.67. The molecule has 4 rings (SSSR count). The number of fused-ring (bicyclic) bond motifs is 1. The Morgan fingerprint density at radius 1 is 1.24 bits per heavy atom. The van der Waals surface area contributed by atoms with Gasteiger partial charge in [0.1, 0.15) is 18.0 Å². The number of benzene rings is 1. The number of ether oxygens (including phenoxy) is 1. The van der Waals surface area contributed by atoms with Crippen molar-refractivity contribution < 1.29 is 19.4 Å². The summed E-state index contributed by atoms with van der Waals surface area (Å²) in [6.07, 6.45) is 4.28. The van der Waals surface area contributed by atoms with Crippen LogP contribution < -0.4 is 4.74 Å². The third-order valence-electron chi connectivity index (χ3n) is 5.50. The Balaban J connectivity index is 1.51. The minimum absolute atomic E-state index is 0.196. The normalized spacial score (nSPS) is 18.9. The van der Waals surface area contributed by atoms with Crippen molar-refractivity contribution in [2.45, 2.75) is 26.9 Å². The van der Waals surface area contributed by atoms with Crippen LogP contribution in [0.15, 0.2) is 48.8 Å². The molecule has 1 fully saturated rings. The number of likely N-dealkylation sites (tertiary alicyclic amines) is 1. The van der Waals surface area contributed by atoms with Crippen LogP contribution in [0.5, 0.6) is 5.75 Å². The number of carboxylic acid groups (broad SMARTS) is 1. The molecule has 0 saturated carbocycles. The average molecular weight is 393 g/mol. The molecule has 3 heterocycles. The first kappa shape index (κ1) is 19.0. The van der Waals surface area contributed by atoms with Crippen molar-refractivity contribution >= 4 is 17.5 Å². The Kier molecular flexibility index (Phi) is 4.74. The van der Waals surface area contributed by atoms with E-state index in [-0.39, 0.29) is 19.1 Å². The molecule has 0 radical (unpaired) electrons. The number of amides is 1. The van der Waals surface area contributed by atoms with E-state index in [9.17, 15) is 14.7 Å². The minimum Gasteiger partial charge on any atom is -0.486 e. The van der Waals surface area contributed by atoms with E-state index < -0.39 is 11.4 Å². The monoisotopic (exact) mass is 393 g/mol. The minimum atomic E-state index is -0.903. The molecule has 0 bridgehead atoms. The molecule has 2 aromatic heterocycles. The SMILES string of the molecule is Cc1cccn2cc(COc3ccccc3C(=O)N3CCC(C)(C(=O)O)C3)nc12. The second-order valence-electron chi connectivity index (χ2n) is 7.78. The third kappa shape index (κ3) is 3.55. The second kappa shape index (κ2) is 7.24. The Bertz CT molecular complexity index is 1090. The quantitative estimate of drug-likeness (QED) is 0.720. The predicted octanol–water partition coefficient (Wildman–Crippen LogP) is 3.16. The van der Waals surface area contributed by atoms with Gasteiger partial charge in [0.15, 0.2) is 0 Å². The van der Waals surface area contributed by atoms with Crippen molar-refractivity contribution in [1.29, 1.82) is 0 Å². The first-order valence-electron chi connectivity index (χ1n) is 9.55. The van der Waals surface area contributed by atoms with Crippen LogP contribution in [0.4, 0.5) is 0 Å². The largest absolute Gasteiger partial charge is 0.486 e. The zero-order valence-corrected chi connectivity index (χ0v) is 16.5. The summed E-state index contributed by atoms with van der Waals surface area (Å²) in [7, 11) is 0. The summed E-state index contributed by atoms with van der Waals surface area (Å²) in [6.45, 7) is 4.53. The van der Waals surface area contributed by atoms with E-state index in [0.717, 1.165) is 16.9 Å². The Labute approximate surface area is 168 Å². The van der Waals surface area contributed by atoms with Gasteiger partial charge < -0.3 is 19.1 Å². The van der Waals surface area contributed by atoms with Crippen molar-refractivity contribution in [3.63, 3.8) is 0 Å². The highest BCUT2D eigenvalue weighted by atomic mass is 16.5. The van der Waals surface area contributed by atoms with Crippen molar-refractivity contribution in [2.24, 2.45) is 5.41 Å². The van der Waals surface area contributed by atoms with Crippen LogP contribution >= 0.6 is 0 Å². The van der Waals surface area contributed by atoms with Crippen molar-refractivity contribution in [3.8, 4) is 5.75 Å². The number of imidazole rings is 1. The molecule has 1 unspecified atom stereocenters. The Hall–Kier alpha value is -3.35. The number of hydrogen-bond donors (Lipinski definition) is 1. The van der Waals surface area contributed by atoms with Gasteiger partial charge in [0.2, 0.25) is 0 Å². The highest BCUT2D eigenvalue weighted by molar-refractivity contribution is 5.97. The maximum absolute atomic E-state index is 13.0. The predicted molar refractivity (Wildman–Crippen MR) is 107 cm³/mol. The summed E-state index contributed by atoms with van der Waals surface area (Å²) in [5.41, 5.74) is 2.24. The summed E-state index contributed by atoms with van der Waals surface area (Å²) >= 11 is 0. The molecule has 7 nitrogen and oxygen atoms in total. The van der Waals surface area contributed by atoms with Gasteiger partial charge in [0, 0.05) is 25.5 Å². The maximum Gasteiger partial charge on any atom is 0.311 e. The van der Waals surface area contributed by atoms with Crippen LogP contribution in [-0.4, -0.2) is 44.4 Å². The number of para-hydroxylation sites is 1. The average Bonchev–Trinajstić information content (AvgIpc) is 3.31. The van der Waals surface area contributed by atoms with E-state index in [4.69, 9.17) is 4.74 Å². The lowest BCUT2D eigenvalue weighted by Crippen LogP contribution is -2.35. The molecule has 1 aromatic carbocycles. The van der Waals surface area contributed by atoms with Gasteiger partial charge in [-0.2, -0.15) is 0 Å². The summed E-state index contributed by atoms with van der Waals surface area (Å²) in [5.74, 6) is -0.619. The number of carboxylic acids is 1. The van der Waals surface area contributed by atoms with Gasteiger partial charge in [-0.15, -0.1) is 0 Å². The first-order chi connectivity index (χ1) is 13.9. The van der Waals surface area contributed by atoms with Crippen LogP contribution in [0.1, 0.15) is 35.0 Å². The summed E-state index contributed by atoms with van der Waals surface area (Å²) in [4.78, 5) is 30.7. The molecule has 7 heteroatoms. The van der Waals surface area contributed by atoms with Crippen LogP contribution in [0, 0.1) is 12.3 Å². The number of rotatable bonds is 5. The lowest BCUT2D eigenvalue weighted by atomic mass is 9.90. The van der Waals surface area contributed by atoms with Crippen molar-refractivity contribution in [1.82, 2.24) is 14.3 Å². The van der Waals surface area contributed by atoms with Crippen molar-refractivity contribution in [3.05, 3.63) is 65.6 Å². The van der Waals surface area contributed by atoms with E-state index in [1.807, 2.05) is 41.9 Å². The number of aliphatic carboxylic acids is 1. The molecular formula is C22H23N3O4. The standard InChI is InChI=1S/C22H23N3O4/c1-15-6-5-10-24-12-16(23-19(15)24)13-29-18-8-4-3-7-17(18)20(26)25-11-9-22(2,14-25)21(27)28/h3-8,10,12H,9,11,13-14H2,1-2H3,(H,27,28). The van der Waals surface area contributed by atoms with E-state index in [2.05, 4.69) is 4.98 Å². The van der Waals surface area contributed by atoms with Crippen LogP contribution in [0.25, 0.3) is 5.65 Å². The molecular weight excluding hydrogens is 370 g/mol. The number of carbonyl (C=O) groups excluding carboxylic acids is 1. The molecule has 3 aromatic rings. The Morgan fingerprint density at radius 2 is 2.03 bits per heavy atom. The molecule has 0 aliphatic carbocycles. The molecule has 1 amide bonds. The van der Waals surface area contributed by atoms with Gasteiger partial charge in [-0.3, -0.25) is 9.59 Å². The molecule has 1 atom stereocenters. The topological polar surface area (TPSA) is 84.1 Å². The smallest absolute Gasteiger partial charge is 0.311 e. The number of hydrogen-bond acceptors (Lipinski definition) is 4. The number of aromatic nitrogens is 2. The van der Waals surface area contributed by atoms with Crippen LogP contribution in [0.3, 0.4) is 0 Å². The number of nitrogens with zero attached hydrogens (tertiary/aromatic N) is 3. The number of aryl methyl sites for hydroxylation is 1. The molecule has 29 heavy (non-hydrogen) atoms. The van der Waals surface area contributed by atoms with Gasteiger partial charge in [-0.05, 0) is 44.0 Å². The highest BCUT2D eigenvalue weighted by Gasteiger charge is 2.42. The molecule has 1 aliphatic rings. The first-order valence-corrected chi connectivity index (χ1v) is 9.55. The van der Waals surface area contributed by atoms with E-state index in [1.54, 1.807) is 30.0 Å². The van der Waals surface area contributed by atoms with E-state index >= 15 is 0 Å². The van der Waals surface area contributed by atoms with E-state index in [1.165, 1.54) is 0 Å². The zero-order valence-electron chi connectivity index (χ0n) is 16.5. The summed E-state index contributed by atoms with van der Waals surface area (Å²) < 4.78 is 7.88. The fraction of sp³-hybridized carbons (Fsp3) is 0.318. The van der Waals surface area contributed by atoms with Gasteiger partial charge in [0.05, 0.1) is 16.7 Å². The van der Waals surface area contributed by atoms with Gasteiger partial charge in [0.25, 0.3) is 5.91 Å². The summed E-state index contributed by atoms with van der Waals surface area (Å²) in [5, 5.41) is 9.42. The van der Waals surface area contributed by atoms with Gasteiger partial charge >= 0.3 is 5.97 Å². The maximum atomic E-state index is 13.0. The van der Waals surface area contributed by atoms with Crippen molar-refractivity contribution in [2.75, 3.05) is 13.1 Å². The second-order valence-corrected chi connectivity index (χ2v) is 7.78. The number of carbonyl (C=O) groups is 2. The molecule has 0 spiro atoms. The Morgan fingerprint density at radius 3 is 2.76 bits per heavy atom. The number of pyridine rings is 1. The van der Waals surface area contributed by atoms with Crippen LogP contribution in [-0.2, 0) is 11.4 Å². The zero-order chi connectivity index (χ0) is 20.6. The summed E-state index contributed by atoms with van der Waals surface area (Å²) in [6, 6.07) is 11.0. The molecule has 1 aliphatic heterocycles. The highest BCUT2D eigenvalue weighted by Crippen LogP contribution is 2.32. The lowest BCUT2D eigenvalue weighted by Gasteiger charge is -2.21. The fourth-order valence-electron chi connectivity index (χ4n) is 3.67. The molecule has 1 N–H and O–H groups in total. The third-order valence-corrected chi connectivity index (χ3v) is 5.50. The van der Waals surface area contributed by atoms with E-state index in [0.29, 0.717) is 24.3 Å². The molecule has 1 saturated heterocycles. The lowest BCUT2D eigenvalue weighted by molar-refractivity contribution is -0.147.